The summed E-state index contributed by atoms with van der Waals surface area (Å²) in [5.41, 5.74) is 5.49. The van der Waals surface area contributed by atoms with E-state index in [0.29, 0.717) is 93.0 Å². The molecular weight excluding hydrogens is 1410 g/mol. The monoisotopic (exact) mass is 1500 g/mol. The number of rotatable bonds is 28. The van der Waals surface area contributed by atoms with E-state index in [1.165, 1.54) is 12.4 Å². The first-order valence-corrected chi connectivity index (χ1v) is 39.5. The third kappa shape index (κ3) is 14.5. The van der Waals surface area contributed by atoms with Crippen molar-refractivity contribution >= 4 is 90.0 Å². The fourth-order valence-electron chi connectivity index (χ4n) is 16.7. The molecule has 11 aromatic rings. The van der Waals surface area contributed by atoms with Crippen LogP contribution in [0, 0.1) is 11.8 Å². The van der Waals surface area contributed by atoms with Crippen LogP contribution >= 0.6 is 0 Å². The molecule has 4 atom stereocenters. The van der Waals surface area contributed by atoms with E-state index in [1.807, 2.05) is 97.1 Å². The van der Waals surface area contributed by atoms with E-state index in [1.54, 1.807) is 48.5 Å². The number of amides is 4. The number of epoxide rings is 2. The largest absolute Gasteiger partial charge is 0.457 e. The van der Waals surface area contributed by atoms with Gasteiger partial charge in [-0.25, -0.2) is 19.6 Å². The maximum absolute atomic E-state index is 16.7. The number of benzene rings is 9. The summed E-state index contributed by atoms with van der Waals surface area (Å²) in [6.45, 7) is 19.1. The van der Waals surface area contributed by atoms with Gasteiger partial charge in [0.05, 0.1) is 47.7 Å². The highest BCUT2D eigenvalue weighted by Crippen LogP contribution is 2.59. The van der Waals surface area contributed by atoms with Gasteiger partial charge in [-0.1, -0.05) is 155 Å². The van der Waals surface area contributed by atoms with E-state index in [-0.39, 0.29) is 128 Å². The molecule has 4 unspecified atom stereocenters. The normalized spacial score (nSPS) is 17.5. The van der Waals surface area contributed by atoms with E-state index in [2.05, 4.69) is 76.0 Å². The SMILES string of the molecule is CC(C)c1ccc(Oc2cc3c4c(cc(Oc5ccc(C(C)C)cc5)c5c6c(Oc7ccc(C(C)C)cc7)cc7c8c(cc(Oc9ccc(C(C)C)cc9)c(c2c45)c86)C(=O)N(C(CC2CCCC2)C(=O)Oc2cc(NCC4CO4)ccn2)C7=O)C(=O)N(C(CC2CCCC2)C(=O)Oc2cc(NCC4CO4)ccn2)C3=O)cc1. The first-order valence-electron chi connectivity index (χ1n) is 39.5. The van der Waals surface area contributed by atoms with Gasteiger partial charge in [-0.2, -0.15) is 0 Å². The topological polar surface area (TPSA) is 239 Å². The van der Waals surface area contributed by atoms with Gasteiger partial charge < -0.3 is 48.5 Å². The number of anilines is 2. The number of ether oxygens (including phenoxy) is 8. The fourth-order valence-corrected chi connectivity index (χ4v) is 16.7. The molecule has 4 aliphatic heterocycles. The molecule has 2 N–H and O–H groups in total. The Morgan fingerprint density at radius 2 is 0.670 bits per heavy atom. The van der Waals surface area contributed by atoms with Crippen LogP contribution in [0.2, 0.25) is 0 Å². The predicted octanol–water partition coefficient (Wildman–Crippen LogP) is 20.1. The molecule has 0 radical (unpaired) electrons. The van der Waals surface area contributed by atoms with Crippen LogP contribution in [-0.2, 0) is 19.1 Å². The molecule has 572 valence electrons. The lowest BCUT2D eigenvalue weighted by atomic mass is 9.80. The standard InChI is InChI=1S/C92H90N6O14/c1-49(2)55-17-25-61(26-18-55)107-73-41-67-79-68(88(100)97(87(67)99)71(37-53-13-9-10-14-53)91(103)111-77-39-59(33-35-93-77)95-45-65-47-105-65)43-75(109-63-29-21-57(22-30-63)51(5)6)83-84-76(110-64-31-23-58(24-32-64)52(7)8)44-70-80-69(42-74(82(86(80)84)81(73)85(79)83)108-62-27-19-56(20-28-62)50(3)4)89(101)98(90(70)102)72(38-54-15-11-12-16-54)92(104)112-78-40-60(34-36-94-78)96-46-66-48-106-66/h17-36,39-44,49-54,65-66,71-72H,9-16,37-38,45-48H2,1-8H3,(H,93,95)(H,94,96). The highest BCUT2D eigenvalue weighted by molar-refractivity contribution is 6.45. The van der Waals surface area contributed by atoms with E-state index >= 15 is 28.8 Å². The number of nitrogens with one attached hydrogen (secondary N) is 2. The number of carbonyl (C=O) groups is 6. The van der Waals surface area contributed by atoms with E-state index in [9.17, 15) is 0 Å². The molecule has 17 rings (SSSR count). The molecule has 20 nitrogen and oxygen atoms in total. The van der Waals surface area contributed by atoms with Crippen LogP contribution in [0.1, 0.15) is 207 Å². The Hall–Kier alpha value is -11.5. The van der Waals surface area contributed by atoms with E-state index in [0.717, 1.165) is 83.4 Å². The Morgan fingerprint density at radius 1 is 0.393 bits per heavy atom. The average Bonchev–Trinajstić information content (AvgIpc) is 0.862. The Bertz CT molecular complexity index is 4930. The van der Waals surface area contributed by atoms with Crippen LogP contribution in [0.3, 0.4) is 0 Å². The molecule has 20 heteroatoms. The van der Waals surface area contributed by atoms with Gasteiger partial charge in [-0.05, 0) is 156 Å². The van der Waals surface area contributed by atoms with Gasteiger partial charge in [0.15, 0.2) is 0 Å². The second-order valence-corrected chi connectivity index (χ2v) is 32.0. The van der Waals surface area contributed by atoms with Crippen molar-refractivity contribution in [3.63, 3.8) is 0 Å². The molecule has 112 heavy (non-hydrogen) atoms. The first kappa shape index (κ1) is 73.3. The molecule has 2 aliphatic carbocycles. The van der Waals surface area contributed by atoms with Gasteiger partial charge in [0, 0.05) is 92.1 Å². The van der Waals surface area contributed by atoms with Gasteiger partial charge in [0.2, 0.25) is 11.8 Å². The van der Waals surface area contributed by atoms with Crippen LogP contribution in [0.5, 0.6) is 57.8 Å². The number of hydrogen-bond acceptors (Lipinski definition) is 18. The van der Waals surface area contributed by atoms with Crippen LogP contribution in [0.4, 0.5) is 11.4 Å². The number of carbonyl (C=O) groups excluding carboxylic acids is 6. The molecule has 6 aliphatic rings. The van der Waals surface area contributed by atoms with Gasteiger partial charge in [0.1, 0.15) is 58.1 Å². The van der Waals surface area contributed by atoms with Crippen molar-refractivity contribution in [1.82, 2.24) is 19.8 Å². The minimum atomic E-state index is -1.45. The molecule has 2 saturated carbocycles. The Labute approximate surface area is 649 Å². The van der Waals surface area contributed by atoms with Gasteiger partial charge in [-0.3, -0.25) is 29.0 Å². The second kappa shape index (κ2) is 30.3. The molecular formula is C92H90N6O14. The van der Waals surface area contributed by atoms with Crippen molar-refractivity contribution < 1.29 is 66.7 Å². The molecule has 9 aromatic carbocycles. The summed E-state index contributed by atoms with van der Waals surface area (Å²) in [6, 6.07) is 41.0. The van der Waals surface area contributed by atoms with Crippen LogP contribution in [0.25, 0.3) is 43.1 Å². The maximum atomic E-state index is 16.7. The quantitative estimate of drug-likeness (QED) is 0.0152. The highest BCUT2D eigenvalue weighted by atomic mass is 16.6. The van der Waals surface area contributed by atoms with E-state index in [4.69, 9.17) is 37.9 Å². The number of imide groups is 2. The van der Waals surface area contributed by atoms with Gasteiger partial charge >= 0.3 is 11.9 Å². The zero-order valence-electron chi connectivity index (χ0n) is 64.2. The highest BCUT2D eigenvalue weighted by Gasteiger charge is 2.48. The number of aromatic nitrogens is 2. The van der Waals surface area contributed by atoms with Crippen LogP contribution in [0.15, 0.2) is 158 Å². The second-order valence-electron chi connectivity index (χ2n) is 32.0. The molecule has 2 saturated heterocycles. The van der Waals surface area contributed by atoms with Gasteiger partial charge in [0.25, 0.3) is 23.6 Å². The summed E-state index contributed by atoms with van der Waals surface area (Å²) < 4.78 is 53.0. The number of hydrogen-bond donors (Lipinski definition) is 2. The lowest BCUT2D eigenvalue weighted by Crippen LogP contribution is -2.52. The average molecular weight is 1500 g/mol. The van der Waals surface area contributed by atoms with Crippen molar-refractivity contribution in [1.29, 1.82) is 0 Å². The molecule has 2 aromatic heterocycles. The summed E-state index contributed by atoms with van der Waals surface area (Å²) in [6.07, 6.45) is 10.0. The number of nitrogens with zero attached hydrogens (tertiary/aromatic N) is 4. The molecule has 4 fully saturated rings. The molecule has 6 heterocycles. The molecule has 0 spiro atoms. The van der Waals surface area contributed by atoms with Crippen molar-refractivity contribution in [2.24, 2.45) is 11.8 Å². The van der Waals surface area contributed by atoms with E-state index < -0.39 is 47.7 Å². The Morgan fingerprint density at radius 3 is 0.929 bits per heavy atom. The van der Waals surface area contributed by atoms with Gasteiger partial charge in [-0.15, -0.1) is 0 Å². The number of pyridine rings is 2. The summed E-state index contributed by atoms with van der Waals surface area (Å²) in [4.78, 5) is 109. The lowest BCUT2D eigenvalue weighted by Gasteiger charge is -2.36. The molecule has 0 bridgehead atoms. The maximum Gasteiger partial charge on any atom is 0.336 e. The minimum Gasteiger partial charge on any atom is -0.457 e. The summed E-state index contributed by atoms with van der Waals surface area (Å²) in [5.74, 6) is -2.48. The summed E-state index contributed by atoms with van der Waals surface area (Å²) in [5, 5.41) is 8.89. The number of fused-ring (bicyclic) bond motifs is 2. The zero-order valence-corrected chi connectivity index (χ0v) is 64.2. The third-order valence-electron chi connectivity index (χ3n) is 23.0. The summed E-state index contributed by atoms with van der Waals surface area (Å²) >= 11 is 0. The zero-order chi connectivity index (χ0) is 77.3. The lowest BCUT2D eigenvalue weighted by molar-refractivity contribution is -0.140. The fraction of sp³-hybridized carbons (Fsp3) is 0.348. The first-order chi connectivity index (χ1) is 54.2. The van der Waals surface area contributed by atoms with Crippen molar-refractivity contribution in [2.45, 2.75) is 168 Å². The van der Waals surface area contributed by atoms with Crippen LogP contribution < -0.4 is 39.1 Å². The Kier molecular flexibility index (Phi) is 19.8. The van der Waals surface area contributed by atoms with Crippen molar-refractivity contribution in [3.05, 3.63) is 202 Å². The summed E-state index contributed by atoms with van der Waals surface area (Å²) in [7, 11) is 0. The molecule has 4 amide bonds. The van der Waals surface area contributed by atoms with Crippen molar-refractivity contribution in [3.8, 4) is 57.8 Å². The van der Waals surface area contributed by atoms with Crippen LogP contribution in [-0.4, -0.2) is 106 Å². The number of esters is 2. The third-order valence-corrected chi connectivity index (χ3v) is 23.0. The predicted molar refractivity (Wildman–Crippen MR) is 428 cm³/mol. The smallest absolute Gasteiger partial charge is 0.336 e. The minimum absolute atomic E-state index is 0.0202. The Balaban J connectivity index is 0.951. The van der Waals surface area contributed by atoms with Crippen molar-refractivity contribution in [2.75, 3.05) is 36.9 Å².